The summed E-state index contributed by atoms with van der Waals surface area (Å²) in [6.45, 7) is 1.38. The molecule has 0 atom stereocenters. The van der Waals surface area contributed by atoms with Gasteiger partial charge in [-0.05, 0) is 36.7 Å². The molecule has 1 N–H and O–H groups in total. The van der Waals surface area contributed by atoms with Gasteiger partial charge in [0.25, 0.3) is 0 Å². The molecule has 0 aliphatic carbocycles. The third-order valence-electron chi connectivity index (χ3n) is 2.99. The molecule has 17 heavy (non-hydrogen) atoms. The van der Waals surface area contributed by atoms with Gasteiger partial charge in [-0.25, -0.2) is 4.79 Å². The fraction of sp³-hybridized carbons (Fsp3) is 0.308. The summed E-state index contributed by atoms with van der Waals surface area (Å²) in [6, 6.07) is 7.35. The van der Waals surface area contributed by atoms with Crippen molar-refractivity contribution in [3.05, 3.63) is 40.4 Å². The van der Waals surface area contributed by atoms with Crippen molar-refractivity contribution in [2.24, 2.45) is 0 Å². The highest BCUT2D eigenvalue weighted by Gasteiger charge is 2.22. The van der Waals surface area contributed by atoms with E-state index in [9.17, 15) is 9.90 Å². The van der Waals surface area contributed by atoms with Crippen LogP contribution in [0.1, 0.15) is 12.0 Å². The molecule has 1 aliphatic heterocycles. The molecule has 0 unspecified atom stereocenters. The molecule has 0 amide bonds. The van der Waals surface area contributed by atoms with E-state index in [4.69, 9.17) is 11.6 Å². The van der Waals surface area contributed by atoms with Gasteiger partial charge in [0.1, 0.15) is 0 Å². The zero-order valence-corrected chi connectivity index (χ0v) is 10.4. The lowest BCUT2D eigenvalue weighted by Crippen LogP contribution is -2.30. The van der Waals surface area contributed by atoms with Gasteiger partial charge >= 0.3 is 5.97 Å². The summed E-state index contributed by atoms with van der Waals surface area (Å²) >= 11 is 5.83. The number of halogens is 1. The third kappa shape index (κ3) is 2.68. The molecule has 0 fully saturated rings. The second kappa shape index (κ2) is 4.90. The first-order chi connectivity index (χ1) is 8.08. The van der Waals surface area contributed by atoms with E-state index in [1.165, 1.54) is 0 Å². The van der Waals surface area contributed by atoms with Gasteiger partial charge in [0.05, 0.1) is 5.57 Å². The number of nitrogens with zero attached hydrogens (tertiary/aromatic N) is 1. The number of hydrogen-bond donors (Lipinski definition) is 1. The van der Waals surface area contributed by atoms with Crippen LogP contribution in [0, 0.1) is 0 Å². The summed E-state index contributed by atoms with van der Waals surface area (Å²) in [5.41, 5.74) is 2.37. The average Bonchev–Trinajstić information content (AvgIpc) is 2.30. The second-order valence-electron chi connectivity index (χ2n) is 4.26. The Labute approximate surface area is 105 Å². The van der Waals surface area contributed by atoms with Crippen molar-refractivity contribution in [2.45, 2.75) is 6.42 Å². The Kier molecular flexibility index (Phi) is 3.50. The van der Waals surface area contributed by atoms with Crippen molar-refractivity contribution in [3.63, 3.8) is 0 Å². The molecular weight excluding hydrogens is 238 g/mol. The molecule has 1 aromatic carbocycles. The normalized spacial score (nSPS) is 17.3. The molecule has 4 heteroatoms. The largest absolute Gasteiger partial charge is 0.478 e. The molecular formula is C13H14ClNO2. The van der Waals surface area contributed by atoms with Gasteiger partial charge in [-0.3, -0.25) is 0 Å². The number of carboxylic acids is 1. The Morgan fingerprint density at radius 1 is 1.35 bits per heavy atom. The molecule has 90 valence electrons. The highest BCUT2D eigenvalue weighted by molar-refractivity contribution is 6.30. The SMILES string of the molecule is CN1CCC(c2ccc(Cl)cc2)=C(C(=O)O)C1. The van der Waals surface area contributed by atoms with E-state index in [2.05, 4.69) is 0 Å². The minimum Gasteiger partial charge on any atom is -0.478 e. The Hall–Kier alpha value is -1.32. The van der Waals surface area contributed by atoms with Crippen molar-refractivity contribution in [2.75, 3.05) is 20.1 Å². The second-order valence-corrected chi connectivity index (χ2v) is 4.69. The van der Waals surface area contributed by atoms with Crippen LogP contribution in [0.25, 0.3) is 5.57 Å². The lowest BCUT2D eigenvalue weighted by Gasteiger charge is -2.26. The summed E-state index contributed by atoms with van der Waals surface area (Å²) in [7, 11) is 1.93. The predicted molar refractivity (Wildman–Crippen MR) is 68.1 cm³/mol. The van der Waals surface area contributed by atoms with Crippen molar-refractivity contribution < 1.29 is 9.90 Å². The van der Waals surface area contributed by atoms with Crippen molar-refractivity contribution in [1.29, 1.82) is 0 Å². The van der Waals surface area contributed by atoms with Crippen LogP contribution in [0.5, 0.6) is 0 Å². The van der Waals surface area contributed by atoms with Crippen LogP contribution >= 0.6 is 11.6 Å². The van der Waals surface area contributed by atoms with Gasteiger partial charge in [-0.2, -0.15) is 0 Å². The van der Waals surface area contributed by atoms with Crippen LogP contribution in [0.2, 0.25) is 5.02 Å². The number of benzene rings is 1. The van der Waals surface area contributed by atoms with Crippen molar-refractivity contribution >= 4 is 23.1 Å². The Morgan fingerprint density at radius 3 is 2.59 bits per heavy atom. The molecule has 1 heterocycles. The molecule has 0 saturated heterocycles. The Bertz CT molecular complexity index is 465. The van der Waals surface area contributed by atoms with E-state index in [1.54, 1.807) is 12.1 Å². The maximum absolute atomic E-state index is 11.2. The van der Waals surface area contributed by atoms with Gasteiger partial charge in [-0.1, -0.05) is 23.7 Å². The van der Waals surface area contributed by atoms with E-state index in [0.717, 1.165) is 24.1 Å². The Morgan fingerprint density at radius 2 is 2.00 bits per heavy atom. The lowest BCUT2D eigenvalue weighted by atomic mass is 9.94. The molecule has 0 bridgehead atoms. The van der Waals surface area contributed by atoms with Gasteiger partial charge in [-0.15, -0.1) is 0 Å². The number of carboxylic acid groups (broad SMARTS) is 1. The summed E-state index contributed by atoms with van der Waals surface area (Å²) in [4.78, 5) is 13.3. The maximum atomic E-state index is 11.2. The minimum atomic E-state index is -0.832. The van der Waals surface area contributed by atoms with Gasteiger partial charge in [0, 0.05) is 18.1 Å². The number of aliphatic carboxylic acids is 1. The predicted octanol–water partition coefficient (Wildman–Crippen LogP) is 2.51. The van der Waals surface area contributed by atoms with Crippen LogP contribution in [-0.4, -0.2) is 36.1 Å². The van der Waals surface area contributed by atoms with E-state index in [-0.39, 0.29) is 0 Å². The summed E-state index contributed by atoms with van der Waals surface area (Å²) in [6.07, 6.45) is 0.764. The van der Waals surface area contributed by atoms with E-state index in [0.29, 0.717) is 17.1 Å². The van der Waals surface area contributed by atoms with Gasteiger partial charge in [0.2, 0.25) is 0 Å². The zero-order valence-electron chi connectivity index (χ0n) is 9.61. The number of likely N-dealkylation sites (N-methyl/N-ethyl adjacent to an activating group) is 1. The van der Waals surface area contributed by atoms with Crippen LogP contribution in [0.3, 0.4) is 0 Å². The fourth-order valence-electron chi connectivity index (χ4n) is 2.06. The fourth-order valence-corrected chi connectivity index (χ4v) is 2.19. The smallest absolute Gasteiger partial charge is 0.333 e. The van der Waals surface area contributed by atoms with E-state index >= 15 is 0 Å². The van der Waals surface area contributed by atoms with Crippen LogP contribution < -0.4 is 0 Å². The average molecular weight is 252 g/mol. The first-order valence-electron chi connectivity index (χ1n) is 5.47. The quantitative estimate of drug-likeness (QED) is 0.878. The molecule has 2 rings (SSSR count). The monoisotopic (exact) mass is 251 g/mol. The van der Waals surface area contributed by atoms with Gasteiger partial charge < -0.3 is 10.0 Å². The molecule has 3 nitrogen and oxygen atoms in total. The summed E-state index contributed by atoms with van der Waals surface area (Å²) in [5, 5.41) is 9.90. The van der Waals surface area contributed by atoms with Crippen LogP contribution in [0.4, 0.5) is 0 Å². The van der Waals surface area contributed by atoms with E-state index in [1.807, 2.05) is 24.1 Å². The van der Waals surface area contributed by atoms with Crippen molar-refractivity contribution in [3.8, 4) is 0 Å². The van der Waals surface area contributed by atoms with Crippen molar-refractivity contribution in [1.82, 2.24) is 4.90 Å². The molecule has 0 spiro atoms. The number of rotatable bonds is 2. The number of carbonyl (C=O) groups is 1. The molecule has 1 aromatic rings. The highest BCUT2D eigenvalue weighted by atomic mass is 35.5. The van der Waals surface area contributed by atoms with Gasteiger partial charge in [0.15, 0.2) is 0 Å². The summed E-state index contributed by atoms with van der Waals surface area (Å²) < 4.78 is 0. The standard InChI is InChI=1S/C13H14ClNO2/c1-15-7-6-11(12(8-15)13(16)17)9-2-4-10(14)5-3-9/h2-5H,6-8H2,1H3,(H,16,17). The third-order valence-corrected chi connectivity index (χ3v) is 3.24. The molecule has 1 aliphatic rings. The molecule has 0 aromatic heterocycles. The Balaban J connectivity index is 2.43. The van der Waals surface area contributed by atoms with Crippen LogP contribution in [0.15, 0.2) is 29.8 Å². The zero-order chi connectivity index (χ0) is 12.4. The minimum absolute atomic E-state index is 0.487. The number of hydrogen-bond acceptors (Lipinski definition) is 2. The highest BCUT2D eigenvalue weighted by Crippen LogP contribution is 2.27. The lowest BCUT2D eigenvalue weighted by molar-refractivity contribution is -0.132. The summed E-state index contributed by atoms with van der Waals surface area (Å²) in [5.74, 6) is -0.832. The van der Waals surface area contributed by atoms with E-state index < -0.39 is 5.97 Å². The first-order valence-corrected chi connectivity index (χ1v) is 5.85. The topological polar surface area (TPSA) is 40.5 Å². The maximum Gasteiger partial charge on any atom is 0.333 e. The molecule has 0 saturated carbocycles. The van der Waals surface area contributed by atoms with Crippen LogP contribution in [-0.2, 0) is 4.79 Å². The first kappa shape index (κ1) is 12.1. The molecule has 0 radical (unpaired) electrons.